The molecule has 1 heterocycles. The van der Waals surface area contributed by atoms with Crippen LogP contribution < -0.4 is 5.32 Å². The van der Waals surface area contributed by atoms with Crippen LogP contribution in [0, 0.1) is 0 Å². The number of aromatic nitrogens is 2. The highest BCUT2D eigenvalue weighted by Gasteiger charge is 2.10. The minimum absolute atomic E-state index is 0.517. The first kappa shape index (κ1) is 11.7. The molecule has 0 aliphatic heterocycles. The van der Waals surface area contributed by atoms with Crippen molar-refractivity contribution in [3.8, 4) is 0 Å². The van der Waals surface area contributed by atoms with E-state index in [1.807, 2.05) is 42.7 Å². The second-order valence-electron chi connectivity index (χ2n) is 4.12. The zero-order chi connectivity index (χ0) is 12.1. The van der Waals surface area contributed by atoms with Gasteiger partial charge in [-0.1, -0.05) is 32.0 Å². The van der Waals surface area contributed by atoms with Crippen LogP contribution in [0.4, 0.5) is 11.6 Å². The molecule has 0 saturated carbocycles. The molecule has 0 spiro atoms. The number of anilines is 2. The molecule has 0 aliphatic carbocycles. The van der Waals surface area contributed by atoms with Crippen LogP contribution >= 0.6 is 0 Å². The van der Waals surface area contributed by atoms with Gasteiger partial charge in [-0.15, -0.1) is 0 Å². The van der Waals surface area contributed by atoms with E-state index >= 15 is 0 Å². The van der Waals surface area contributed by atoms with Gasteiger partial charge in [-0.2, -0.15) is 0 Å². The Morgan fingerprint density at radius 2 is 1.88 bits per heavy atom. The molecule has 0 unspecified atom stereocenters. The van der Waals surface area contributed by atoms with Crippen molar-refractivity contribution in [1.82, 2.24) is 9.55 Å². The molecule has 1 aromatic carbocycles. The lowest BCUT2D eigenvalue weighted by molar-refractivity contribution is 0.477. The first-order valence-electron chi connectivity index (χ1n) is 6.20. The van der Waals surface area contributed by atoms with Gasteiger partial charge in [-0.25, -0.2) is 4.98 Å². The molecule has 17 heavy (non-hydrogen) atoms. The molecular formula is C14H19N3. The van der Waals surface area contributed by atoms with Gasteiger partial charge in [0.15, 0.2) is 0 Å². The molecule has 1 N–H and O–H groups in total. The number of para-hydroxylation sites is 1. The molecule has 0 fully saturated rings. The summed E-state index contributed by atoms with van der Waals surface area (Å²) < 4.78 is 2.22. The van der Waals surface area contributed by atoms with Crippen molar-refractivity contribution in [2.45, 2.75) is 32.7 Å². The fraction of sp³-hybridized carbons (Fsp3) is 0.357. The molecule has 0 amide bonds. The summed E-state index contributed by atoms with van der Waals surface area (Å²) in [7, 11) is 0. The van der Waals surface area contributed by atoms with E-state index in [9.17, 15) is 0 Å². The quantitative estimate of drug-likeness (QED) is 0.840. The molecule has 0 bridgehead atoms. The molecule has 2 rings (SSSR count). The molecule has 3 nitrogen and oxygen atoms in total. The highest BCUT2D eigenvalue weighted by molar-refractivity contribution is 5.53. The van der Waals surface area contributed by atoms with E-state index < -0.39 is 0 Å². The molecule has 90 valence electrons. The van der Waals surface area contributed by atoms with Gasteiger partial charge >= 0.3 is 0 Å². The number of hydrogen-bond acceptors (Lipinski definition) is 2. The smallest absolute Gasteiger partial charge is 0.207 e. The molecule has 0 atom stereocenters. The number of nitrogens with one attached hydrogen (secondary N) is 1. The molecule has 0 aliphatic rings. The van der Waals surface area contributed by atoms with Crippen LogP contribution in [0.15, 0.2) is 42.7 Å². The standard InChI is InChI=1S/C14H19N3/c1-3-13(4-2)17-11-10-15-14(17)16-12-8-6-5-7-9-12/h5-11,13H,3-4H2,1-2H3,(H,15,16). The Kier molecular flexibility index (Phi) is 3.81. The maximum atomic E-state index is 4.38. The van der Waals surface area contributed by atoms with Crippen LogP contribution in [0.3, 0.4) is 0 Å². The highest BCUT2D eigenvalue weighted by Crippen LogP contribution is 2.22. The van der Waals surface area contributed by atoms with Crippen molar-refractivity contribution in [3.05, 3.63) is 42.7 Å². The van der Waals surface area contributed by atoms with Gasteiger partial charge in [0, 0.05) is 24.1 Å². The van der Waals surface area contributed by atoms with Crippen molar-refractivity contribution < 1.29 is 0 Å². The number of imidazole rings is 1. The van der Waals surface area contributed by atoms with Crippen LogP contribution in [0.1, 0.15) is 32.7 Å². The monoisotopic (exact) mass is 229 g/mol. The van der Waals surface area contributed by atoms with Crippen LogP contribution in [-0.4, -0.2) is 9.55 Å². The summed E-state index contributed by atoms with van der Waals surface area (Å²) in [6.45, 7) is 4.42. The molecule has 3 heteroatoms. The van der Waals surface area contributed by atoms with Gasteiger partial charge in [-0.3, -0.25) is 0 Å². The predicted octanol–water partition coefficient (Wildman–Crippen LogP) is 3.99. The summed E-state index contributed by atoms with van der Waals surface area (Å²) in [5.74, 6) is 0.921. The van der Waals surface area contributed by atoms with Crippen molar-refractivity contribution >= 4 is 11.6 Å². The molecule has 1 aromatic heterocycles. The Bertz CT molecular complexity index is 444. The van der Waals surface area contributed by atoms with Crippen LogP contribution in [0.25, 0.3) is 0 Å². The summed E-state index contributed by atoms with van der Waals surface area (Å²) in [5, 5.41) is 3.35. The second kappa shape index (κ2) is 5.53. The van der Waals surface area contributed by atoms with Gasteiger partial charge in [0.25, 0.3) is 0 Å². The largest absolute Gasteiger partial charge is 0.326 e. The van der Waals surface area contributed by atoms with E-state index in [2.05, 4.69) is 28.7 Å². The topological polar surface area (TPSA) is 29.9 Å². The van der Waals surface area contributed by atoms with Gasteiger partial charge in [0.1, 0.15) is 0 Å². The summed E-state index contributed by atoms with van der Waals surface area (Å²) in [5.41, 5.74) is 1.07. The number of hydrogen-bond donors (Lipinski definition) is 1. The maximum Gasteiger partial charge on any atom is 0.207 e. The third-order valence-electron chi connectivity index (χ3n) is 3.03. The van der Waals surface area contributed by atoms with Crippen LogP contribution in [0.2, 0.25) is 0 Å². The highest BCUT2D eigenvalue weighted by atomic mass is 15.2. The average molecular weight is 229 g/mol. The number of benzene rings is 1. The first-order valence-corrected chi connectivity index (χ1v) is 6.20. The Labute approximate surface area is 103 Å². The second-order valence-corrected chi connectivity index (χ2v) is 4.12. The minimum Gasteiger partial charge on any atom is -0.326 e. The fourth-order valence-electron chi connectivity index (χ4n) is 2.04. The molecular weight excluding hydrogens is 210 g/mol. The Morgan fingerprint density at radius 3 is 2.53 bits per heavy atom. The lowest BCUT2D eigenvalue weighted by atomic mass is 10.2. The molecule has 0 radical (unpaired) electrons. The van der Waals surface area contributed by atoms with Gasteiger partial charge < -0.3 is 9.88 Å². The van der Waals surface area contributed by atoms with E-state index in [1.54, 1.807) is 0 Å². The van der Waals surface area contributed by atoms with Crippen molar-refractivity contribution in [2.24, 2.45) is 0 Å². The van der Waals surface area contributed by atoms with Crippen molar-refractivity contribution in [1.29, 1.82) is 0 Å². The predicted molar refractivity (Wildman–Crippen MR) is 71.6 cm³/mol. The fourth-order valence-corrected chi connectivity index (χ4v) is 2.04. The van der Waals surface area contributed by atoms with Crippen molar-refractivity contribution in [2.75, 3.05) is 5.32 Å². The Balaban J connectivity index is 2.20. The number of nitrogens with zero attached hydrogens (tertiary/aromatic N) is 2. The molecule has 0 saturated heterocycles. The summed E-state index contributed by atoms with van der Waals surface area (Å²) in [6, 6.07) is 10.7. The van der Waals surface area contributed by atoms with E-state index in [1.165, 1.54) is 0 Å². The third-order valence-corrected chi connectivity index (χ3v) is 3.03. The summed E-state index contributed by atoms with van der Waals surface area (Å²) >= 11 is 0. The Morgan fingerprint density at radius 1 is 1.18 bits per heavy atom. The normalized spacial score (nSPS) is 10.8. The zero-order valence-corrected chi connectivity index (χ0v) is 10.4. The first-order chi connectivity index (χ1) is 8.35. The van der Waals surface area contributed by atoms with E-state index in [4.69, 9.17) is 0 Å². The average Bonchev–Trinajstić information content (AvgIpc) is 2.81. The van der Waals surface area contributed by atoms with E-state index in [-0.39, 0.29) is 0 Å². The van der Waals surface area contributed by atoms with E-state index in [0.29, 0.717) is 6.04 Å². The summed E-state index contributed by atoms with van der Waals surface area (Å²) in [4.78, 5) is 4.38. The Hall–Kier alpha value is -1.77. The third kappa shape index (κ3) is 2.67. The SMILES string of the molecule is CCC(CC)n1ccnc1Nc1ccccc1. The van der Waals surface area contributed by atoms with Gasteiger partial charge in [0.2, 0.25) is 5.95 Å². The maximum absolute atomic E-state index is 4.38. The molecule has 2 aromatic rings. The van der Waals surface area contributed by atoms with Gasteiger partial charge in [0.05, 0.1) is 0 Å². The minimum atomic E-state index is 0.517. The zero-order valence-electron chi connectivity index (χ0n) is 10.4. The lowest BCUT2D eigenvalue weighted by Crippen LogP contribution is -2.09. The summed E-state index contributed by atoms with van der Waals surface area (Å²) in [6.07, 6.45) is 6.14. The van der Waals surface area contributed by atoms with Crippen molar-refractivity contribution in [3.63, 3.8) is 0 Å². The van der Waals surface area contributed by atoms with Gasteiger partial charge in [-0.05, 0) is 25.0 Å². The number of rotatable bonds is 5. The van der Waals surface area contributed by atoms with Crippen LogP contribution in [0.5, 0.6) is 0 Å². The van der Waals surface area contributed by atoms with Crippen LogP contribution in [-0.2, 0) is 0 Å². The van der Waals surface area contributed by atoms with E-state index in [0.717, 1.165) is 24.5 Å². The lowest BCUT2D eigenvalue weighted by Gasteiger charge is -2.17.